The molecular weight excluding hydrogens is 1100 g/mol. The number of carbonyl (C=O) groups excluding carboxylic acids is 4. The number of nitrogens with one attached hydrogen (secondary N) is 4. The fourth-order valence-corrected chi connectivity index (χ4v) is 11.3. The second kappa shape index (κ2) is 22.9. The summed E-state index contributed by atoms with van der Waals surface area (Å²) >= 11 is 0. The summed E-state index contributed by atoms with van der Waals surface area (Å²) in [5.74, 6) is -5.31. The van der Waals surface area contributed by atoms with E-state index in [1.54, 1.807) is 120 Å². The quantitative estimate of drug-likeness (QED) is 0.0303. The van der Waals surface area contributed by atoms with Crippen LogP contribution in [0.25, 0.3) is 50.3 Å². The summed E-state index contributed by atoms with van der Waals surface area (Å²) in [6.07, 6.45) is 6.39. The number of pyridine rings is 2. The number of carboxylic acid groups (broad SMARTS) is 2. The molecule has 0 saturated heterocycles. The molecule has 0 bridgehead atoms. The van der Waals surface area contributed by atoms with Gasteiger partial charge in [0.25, 0.3) is 11.1 Å². The van der Waals surface area contributed by atoms with E-state index < -0.39 is 79.2 Å². The van der Waals surface area contributed by atoms with Gasteiger partial charge in [-0.25, -0.2) is 18.7 Å². The van der Waals surface area contributed by atoms with Gasteiger partial charge in [-0.05, 0) is 24.3 Å². The number of allylic oxidation sites excluding steroid dienone is 1. The summed E-state index contributed by atoms with van der Waals surface area (Å²) in [5, 5.41) is 23.7. The molecule has 24 nitrogen and oxygen atoms in total. The van der Waals surface area contributed by atoms with Crippen molar-refractivity contribution in [2.45, 2.75) is 33.4 Å². The van der Waals surface area contributed by atoms with E-state index in [0.29, 0.717) is 59.2 Å². The maximum absolute atomic E-state index is 14.3. The molecule has 0 spiro atoms. The van der Waals surface area contributed by atoms with Crippen LogP contribution < -0.4 is 33.1 Å². The Bertz CT molecular complexity index is 4490. The summed E-state index contributed by atoms with van der Waals surface area (Å²) in [6.45, 7) is 0.847. The van der Waals surface area contributed by atoms with Gasteiger partial charge in [0.1, 0.15) is 13.1 Å². The number of amides is 2. The number of aromatic nitrogens is 6. The number of nitrogens with zero attached hydrogens (tertiary/aromatic N) is 4. The first-order chi connectivity index (χ1) is 39.7. The SMILES string of the molecule is Cc1c(-c2cccc(C(=O)NCCO[PH](O)(O)OCCNC(=O)c3cccc(-c4c(C)c(C(=O)C5C=Cc6c([nH]c(=O)n(CC(=O)O)c6=O)C5)n5ccccc45)c3)c2)c2ccccn2c1C(=O)c1ccc2c(=O)n(CC(=O)O)c(=O)[nH]c2c1. The van der Waals surface area contributed by atoms with E-state index >= 15 is 0 Å². The Hall–Kier alpha value is -9.97. The van der Waals surface area contributed by atoms with Gasteiger partial charge in [0.15, 0.2) is 0 Å². The van der Waals surface area contributed by atoms with Crippen molar-refractivity contribution in [1.29, 1.82) is 0 Å². The molecule has 83 heavy (non-hydrogen) atoms. The third-order valence-electron chi connectivity index (χ3n) is 14.2. The zero-order chi connectivity index (χ0) is 59.0. The Labute approximate surface area is 467 Å². The van der Waals surface area contributed by atoms with Crippen LogP contribution >= 0.6 is 8.17 Å². The number of hydrogen-bond acceptors (Lipinski definition) is 14. The van der Waals surface area contributed by atoms with Gasteiger partial charge < -0.3 is 20.2 Å². The molecule has 9 aromatic rings. The number of aromatic amines is 2. The van der Waals surface area contributed by atoms with Crippen LogP contribution in [0.3, 0.4) is 0 Å². The van der Waals surface area contributed by atoms with E-state index in [1.807, 2.05) is 6.07 Å². The third-order valence-corrected chi connectivity index (χ3v) is 15.4. The van der Waals surface area contributed by atoms with Crippen LogP contribution in [0.2, 0.25) is 0 Å². The smallest absolute Gasteiger partial charge is 0.480 e. The first-order valence-corrected chi connectivity index (χ1v) is 27.4. The number of carbonyl (C=O) groups is 6. The molecule has 6 aromatic heterocycles. The molecule has 8 N–H and O–H groups in total. The summed E-state index contributed by atoms with van der Waals surface area (Å²) < 4.78 is 15.0. The molecule has 3 aromatic carbocycles. The van der Waals surface area contributed by atoms with Crippen molar-refractivity contribution >= 4 is 71.5 Å². The van der Waals surface area contributed by atoms with Crippen LogP contribution in [0.4, 0.5) is 0 Å². The van der Waals surface area contributed by atoms with Gasteiger partial charge in [0.2, 0.25) is 0 Å². The first-order valence-electron chi connectivity index (χ1n) is 25.7. The van der Waals surface area contributed by atoms with Gasteiger partial charge in [0, 0.05) is 23.6 Å². The number of ketones is 2. The molecule has 1 aliphatic carbocycles. The minimum absolute atomic E-state index is 0.0136. The van der Waals surface area contributed by atoms with Crippen LogP contribution in [0, 0.1) is 19.8 Å². The Morgan fingerprint density at radius 3 is 1.72 bits per heavy atom. The summed E-state index contributed by atoms with van der Waals surface area (Å²) in [4.78, 5) is 155. The maximum atomic E-state index is 14.3. The Kier molecular flexibility index (Phi) is 15.5. The van der Waals surface area contributed by atoms with E-state index in [1.165, 1.54) is 24.3 Å². The number of rotatable bonds is 20. The number of H-pyrrole nitrogens is 2. The molecule has 25 heteroatoms. The van der Waals surface area contributed by atoms with Crippen molar-refractivity contribution in [2.24, 2.45) is 5.92 Å². The average Bonchev–Trinajstić information content (AvgIpc) is 3.51. The van der Waals surface area contributed by atoms with Crippen molar-refractivity contribution in [2.75, 3.05) is 26.3 Å². The molecule has 6 heterocycles. The summed E-state index contributed by atoms with van der Waals surface area (Å²) in [6, 6.07) is 28.2. The minimum atomic E-state index is -4.75. The number of fused-ring (bicyclic) bond motifs is 4. The fraction of sp³-hybridized carbons (Fsp3) is 0.172. The molecule has 2 amide bonds. The third kappa shape index (κ3) is 11.1. The van der Waals surface area contributed by atoms with E-state index in [2.05, 4.69) is 20.6 Å². The van der Waals surface area contributed by atoms with Crippen molar-refractivity contribution < 1.29 is 57.8 Å². The van der Waals surface area contributed by atoms with Gasteiger partial charge in [0.05, 0.1) is 16.5 Å². The second-order valence-corrected chi connectivity index (χ2v) is 21.1. The Morgan fingerprint density at radius 2 is 1.16 bits per heavy atom. The molecule has 10 rings (SSSR count). The monoisotopic (exact) mass is 1150 g/mol. The van der Waals surface area contributed by atoms with Crippen molar-refractivity contribution in [3.8, 4) is 22.3 Å². The normalized spacial score (nSPS) is 13.3. The van der Waals surface area contributed by atoms with Gasteiger partial charge in [-0.2, -0.15) is 0 Å². The Morgan fingerprint density at radius 1 is 0.627 bits per heavy atom. The number of hydrogen-bond donors (Lipinski definition) is 8. The number of Topliss-reactive ketones (excluding diaryl/α,β-unsaturated/α-hetero) is 1. The molecule has 1 unspecified atom stereocenters. The van der Waals surface area contributed by atoms with Crippen LogP contribution in [0.15, 0.2) is 141 Å². The van der Waals surface area contributed by atoms with Gasteiger partial charge in [-0.3, -0.25) is 28.8 Å². The zero-order valence-electron chi connectivity index (χ0n) is 44.1. The minimum Gasteiger partial charge on any atom is -0.480 e. The van der Waals surface area contributed by atoms with E-state index in [9.17, 15) is 62.8 Å². The van der Waals surface area contributed by atoms with Gasteiger partial charge in [-0.15, -0.1) is 0 Å². The standard InChI is InChI=1S/C58H51N8O16P/c1-31-47(43-13-3-5-21-63(43)49(31)51(71)35-15-17-39-41(27-35)61-57(77)65(55(39)75)29-45(67)68)33-9-7-11-37(25-33)53(73)59-19-23-81-83(79,80)82-24-20-60-54(74)38-12-8-10-34(26-38)48-32(2)50(64-22-6-4-14-44(48)64)52(72)36-16-18-40-42(28-36)62-58(78)66(56(40)76)30-46(69)70/h3-18,21-22,25-27,36,79-80,83H,19-20,23-24,28-30H2,1-2H3,(H,59,73)(H,60,74)(H,61,77)(H,62,78)(H,67,68)(H,69,70). The molecule has 424 valence electrons. The molecule has 0 radical (unpaired) electrons. The van der Waals surface area contributed by atoms with E-state index in [0.717, 1.165) is 0 Å². The predicted octanol–water partition coefficient (Wildman–Crippen LogP) is 4.05. The summed E-state index contributed by atoms with van der Waals surface area (Å²) in [5.41, 5.74) is 3.13. The molecule has 0 aliphatic heterocycles. The van der Waals surface area contributed by atoms with E-state index in [4.69, 9.17) is 14.2 Å². The molecule has 1 aliphatic rings. The van der Waals surface area contributed by atoms with Crippen molar-refractivity contribution in [1.82, 2.24) is 38.5 Å². The van der Waals surface area contributed by atoms with Gasteiger partial charge in [-0.1, -0.05) is 18.2 Å². The second-order valence-electron chi connectivity index (χ2n) is 19.5. The van der Waals surface area contributed by atoms with Crippen LogP contribution in [-0.2, 0) is 38.1 Å². The van der Waals surface area contributed by atoms with Crippen molar-refractivity contribution in [3.63, 3.8) is 0 Å². The average molecular weight is 1150 g/mol. The first kappa shape index (κ1) is 56.3. The fourth-order valence-electron chi connectivity index (χ4n) is 10.5. The van der Waals surface area contributed by atoms with Crippen LogP contribution in [0.5, 0.6) is 0 Å². The van der Waals surface area contributed by atoms with Crippen molar-refractivity contribution in [3.05, 3.63) is 214 Å². The predicted molar refractivity (Wildman–Crippen MR) is 304 cm³/mol. The topological polar surface area (TPSA) is 344 Å². The van der Waals surface area contributed by atoms with Gasteiger partial charge >= 0.3 is 295 Å². The molecular formula is C58H51N8O16P. The number of benzene rings is 3. The molecule has 0 fully saturated rings. The number of carboxylic acids is 2. The van der Waals surface area contributed by atoms with Crippen LogP contribution in [0.1, 0.15) is 69.6 Å². The molecule has 0 saturated carbocycles. The van der Waals surface area contributed by atoms with E-state index in [-0.39, 0.29) is 83.1 Å². The Balaban J connectivity index is 0.739. The number of aliphatic carboxylic acids is 2. The summed E-state index contributed by atoms with van der Waals surface area (Å²) in [7, 11) is -4.75. The zero-order valence-corrected chi connectivity index (χ0v) is 45.1. The molecule has 1 atom stereocenters. The van der Waals surface area contributed by atoms with Crippen LogP contribution in [-0.4, -0.2) is 110 Å².